The van der Waals surface area contributed by atoms with Gasteiger partial charge in [0.2, 0.25) is 0 Å². The van der Waals surface area contributed by atoms with E-state index < -0.39 is 6.36 Å². The fourth-order valence-corrected chi connectivity index (χ4v) is 1.45. The summed E-state index contributed by atoms with van der Waals surface area (Å²) >= 11 is 3.08. The lowest BCUT2D eigenvalue weighted by atomic mass is 10.1. The van der Waals surface area contributed by atoms with Crippen molar-refractivity contribution in [1.29, 1.82) is 0 Å². The average Bonchev–Trinajstić information content (AvgIpc) is 2.07. The molecule has 1 aromatic rings. The van der Waals surface area contributed by atoms with E-state index in [0.29, 0.717) is 16.5 Å². The second kappa shape index (κ2) is 4.85. The molecular weight excluding hydrogens is 275 g/mol. The second-order valence-electron chi connectivity index (χ2n) is 2.84. The minimum atomic E-state index is -4.68. The van der Waals surface area contributed by atoms with Gasteiger partial charge in [-0.3, -0.25) is 0 Å². The first-order valence-corrected chi connectivity index (χ1v) is 4.96. The summed E-state index contributed by atoms with van der Waals surface area (Å²) in [7, 11) is 0. The first-order valence-electron chi connectivity index (χ1n) is 4.16. The molecule has 0 aromatic heterocycles. The first kappa shape index (κ1) is 12.3. The van der Waals surface area contributed by atoms with Gasteiger partial charge in [0.25, 0.3) is 0 Å². The highest BCUT2D eigenvalue weighted by atomic mass is 79.9. The van der Waals surface area contributed by atoms with Gasteiger partial charge in [-0.2, -0.15) is 0 Å². The summed E-state index contributed by atoms with van der Waals surface area (Å²) < 4.78 is 40.5. The van der Waals surface area contributed by atoms with Gasteiger partial charge in [-0.15, -0.1) is 13.2 Å². The van der Waals surface area contributed by atoms with Crippen LogP contribution in [0.15, 0.2) is 22.7 Å². The van der Waals surface area contributed by atoms with Crippen molar-refractivity contribution < 1.29 is 17.9 Å². The molecule has 0 unspecified atom stereocenters. The van der Waals surface area contributed by atoms with E-state index in [1.807, 2.05) is 0 Å². The molecule has 0 aliphatic rings. The lowest BCUT2D eigenvalue weighted by molar-refractivity contribution is -0.274. The number of halogens is 4. The highest BCUT2D eigenvalue weighted by Crippen LogP contribution is 2.29. The Kier molecular flexibility index (Phi) is 3.98. The smallest absolute Gasteiger partial charge is 0.405 e. The van der Waals surface area contributed by atoms with Crippen LogP contribution in [0.2, 0.25) is 0 Å². The van der Waals surface area contributed by atoms with E-state index in [1.165, 1.54) is 6.07 Å². The van der Waals surface area contributed by atoms with Gasteiger partial charge in [-0.1, -0.05) is 22.0 Å². The minimum Gasteiger partial charge on any atom is -0.405 e. The molecule has 2 N–H and O–H groups in total. The number of ether oxygens (including phenoxy) is 1. The quantitative estimate of drug-likeness (QED) is 0.926. The third-order valence-electron chi connectivity index (χ3n) is 1.67. The summed E-state index contributed by atoms with van der Waals surface area (Å²) in [4.78, 5) is 0. The molecule has 15 heavy (non-hydrogen) atoms. The second-order valence-corrected chi connectivity index (χ2v) is 3.75. The van der Waals surface area contributed by atoms with Crippen molar-refractivity contribution in [2.24, 2.45) is 5.73 Å². The summed E-state index contributed by atoms with van der Waals surface area (Å²) in [6, 6.07) is 4.48. The van der Waals surface area contributed by atoms with Gasteiger partial charge < -0.3 is 10.5 Å². The topological polar surface area (TPSA) is 35.2 Å². The molecule has 84 valence electrons. The number of hydrogen-bond donors (Lipinski definition) is 1. The first-order chi connectivity index (χ1) is 6.92. The molecule has 0 heterocycles. The Morgan fingerprint density at radius 1 is 1.33 bits per heavy atom. The lowest BCUT2D eigenvalue weighted by Gasteiger charge is -2.13. The van der Waals surface area contributed by atoms with Gasteiger partial charge >= 0.3 is 6.36 Å². The zero-order chi connectivity index (χ0) is 11.5. The molecule has 0 saturated carbocycles. The zero-order valence-electron chi connectivity index (χ0n) is 7.64. The van der Waals surface area contributed by atoms with Crippen molar-refractivity contribution in [1.82, 2.24) is 0 Å². The van der Waals surface area contributed by atoms with Gasteiger partial charge in [0, 0.05) is 4.47 Å². The van der Waals surface area contributed by atoms with Gasteiger partial charge in [0.15, 0.2) is 0 Å². The van der Waals surface area contributed by atoms with Crippen molar-refractivity contribution in [3.8, 4) is 5.75 Å². The van der Waals surface area contributed by atoms with Crippen molar-refractivity contribution in [2.45, 2.75) is 12.8 Å². The van der Waals surface area contributed by atoms with Crippen LogP contribution in [0.3, 0.4) is 0 Å². The minimum absolute atomic E-state index is 0.206. The molecule has 0 fully saturated rings. The van der Waals surface area contributed by atoms with E-state index in [-0.39, 0.29) is 12.3 Å². The van der Waals surface area contributed by atoms with Crippen LogP contribution in [-0.2, 0) is 6.42 Å². The molecule has 1 rings (SSSR count). The van der Waals surface area contributed by atoms with Gasteiger partial charge in [0.05, 0.1) is 0 Å². The highest BCUT2D eigenvalue weighted by molar-refractivity contribution is 9.10. The van der Waals surface area contributed by atoms with Crippen LogP contribution in [0.25, 0.3) is 0 Å². The number of hydrogen-bond acceptors (Lipinski definition) is 2. The predicted octanol–water partition coefficient (Wildman–Crippen LogP) is 2.85. The van der Waals surface area contributed by atoms with E-state index in [9.17, 15) is 13.2 Å². The van der Waals surface area contributed by atoms with Crippen molar-refractivity contribution in [2.75, 3.05) is 6.54 Å². The Bertz CT molecular complexity index is 341. The molecule has 0 aliphatic carbocycles. The van der Waals surface area contributed by atoms with Crippen LogP contribution in [0.5, 0.6) is 5.75 Å². The molecule has 0 atom stereocenters. The Morgan fingerprint density at radius 3 is 2.53 bits per heavy atom. The molecule has 0 bridgehead atoms. The van der Waals surface area contributed by atoms with E-state index in [4.69, 9.17) is 5.73 Å². The van der Waals surface area contributed by atoms with Crippen LogP contribution in [0, 0.1) is 0 Å². The normalized spacial score (nSPS) is 11.5. The van der Waals surface area contributed by atoms with Crippen LogP contribution in [0.1, 0.15) is 5.56 Å². The Balaban J connectivity index is 2.96. The Labute approximate surface area is 93.3 Å². The van der Waals surface area contributed by atoms with Gasteiger partial charge in [-0.25, -0.2) is 0 Å². The van der Waals surface area contributed by atoms with E-state index in [2.05, 4.69) is 20.7 Å². The Hall–Kier alpha value is -0.750. The highest BCUT2D eigenvalue weighted by Gasteiger charge is 2.32. The number of benzene rings is 1. The maximum absolute atomic E-state index is 12.0. The summed E-state index contributed by atoms with van der Waals surface area (Å²) in [5.41, 5.74) is 5.73. The predicted molar refractivity (Wildman–Crippen MR) is 53.6 cm³/mol. The fraction of sp³-hybridized carbons (Fsp3) is 0.333. The van der Waals surface area contributed by atoms with Crippen LogP contribution in [-0.4, -0.2) is 12.9 Å². The standard InChI is InChI=1S/C9H9BrF3NO/c10-7-2-1-6(3-4-14)8(5-7)15-9(11,12)13/h1-2,5H,3-4,14H2. The zero-order valence-corrected chi connectivity index (χ0v) is 9.23. The number of alkyl halides is 3. The van der Waals surface area contributed by atoms with Crippen LogP contribution >= 0.6 is 15.9 Å². The Morgan fingerprint density at radius 2 is 2.00 bits per heavy atom. The molecular formula is C9H9BrF3NO. The molecule has 6 heteroatoms. The maximum Gasteiger partial charge on any atom is 0.573 e. The van der Waals surface area contributed by atoms with Crippen molar-refractivity contribution >= 4 is 15.9 Å². The van der Waals surface area contributed by atoms with E-state index in [1.54, 1.807) is 12.1 Å². The molecule has 0 aliphatic heterocycles. The monoisotopic (exact) mass is 283 g/mol. The third kappa shape index (κ3) is 4.09. The SMILES string of the molecule is NCCc1ccc(Br)cc1OC(F)(F)F. The van der Waals surface area contributed by atoms with Crippen LogP contribution in [0.4, 0.5) is 13.2 Å². The maximum atomic E-state index is 12.0. The van der Waals surface area contributed by atoms with E-state index >= 15 is 0 Å². The molecule has 2 nitrogen and oxygen atoms in total. The van der Waals surface area contributed by atoms with Gasteiger partial charge in [0.1, 0.15) is 5.75 Å². The summed E-state index contributed by atoms with van der Waals surface area (Å²) in [6.07, 6.45) is -4.33. The lowest BCUT2D eigenvalue weighted by Crippen LogP contribution is -2.18. The van der Waals surface area contributed by atoms with E-state index in [0.717, 1.165) is 0 Å². The molecule has 0 saturated heterocycles. The average molecular weight is 284 g/mol. The van der Waals surface area contributed by atoms with Crippen molar-refractivity contribution in [3.05, 3.63) is 28.2 Å². The number of nitrogens with two attached hydrogens (primary N) is 1. The molecule has 0 spiro atoms. The summed E-state index contributed by atoms with van der Waals surface area (Å²) in [5, 5.41) is 0. The van der Waals surface area contributed by atoms with Crippen molar-refractivity contribution in [3.63, 3.8) is 0 Å². The largest absolute Gasteiger partial charge is 0.573 e. The molecule has 0 radical (unpaired) electrons. The molecule has 0 amide bonds. The van der Waals surface area contributed by atoms with Gasteiger partial charge in [-0.05, 0) is 30.7 Å². The fourth-order valence-electron chi connectivity index (χ4n) is 1.11. The third-order valence-corrected chi connectivity index (χ3v) is 2.16. The van der Waals surface area contributed by atoms with Crippen LogP contribution < -0.4 is 10.5 Å². The molecule has 1 aromatic carbocycles. The number of rotatable bonds is 3. The summed E-state index contributed by atoms with van der Waals surface area (Å²) in [5.74, 6) is -0.206. The summed E-state index contributed by atoms with van der Waals surface area (Å²) in [6.45, 7) is 0.274.